The van der Waals surface area contributed by atoms with Crippen LogP contribution >= 0.6 is 0 Å². The first-order valence-electron chi connectivity index (χ1n) is 10.9. The molecule has 0 spiro atoms. The van der Waals surface area contributed by atoms with E-state index < -0.39 is 0 Å². The fraction of sp³-hybridized carbons (Fsp3) is 0.417. The van der Waals surface area contributed by atoms with Gasteiger partial charge in [0.05, 0.1) is 18.0 Å². The summed E-state index contributed by atoms with van der Waals surface area (Å²) in [5, 5.41) is 6.68. The fourth-order valence-corrected chi connectivity index (χ4v) is 3.87. The van der Waals surface area contributed by atoms with E-state index in [4.69, 9.17) is 4.74 Å². The van der Waals surface area contributed by atoms with Crippen molar-refractivity contribution in [1.82, 2.24) is 19.9 Å². The average molecular weight is 419 g/mol. The number of hydrogen-bond donors (Lipinski definition) is 2. The molecule has 0 fully saturated rings. The smallest absolute Gasteiger partial charge is 0.144 e. The van der Waals surface area contributed by atoms with Crippen molar-refractivity contribution in [1.29, 1.82) is 0 Å². The van der Waals surface area contributed by atoms with Crippen molar-refractivity contribution < 1.29 is 4.74 Å². The molecule has 162 valence electrons. The first-order valence-corrected chi connectivity index (χ1v) is 10.9. The highest BCUT2D eigenvalue weighted by atomic mass is 16.5. The standard InChI is InChI=1S/C24H30N6O/c1-5-25-22-7-6-18(13-27-22)21-11-23(29-14-28-21)26-12-15(2)17(4)19-10-16(3)30-20-8-9-31-24(19)20/h6-7,10-11,13-15,17H,5,8-9,12H2,1-4H3,(H,25,27)(H,26,28,29)/t15-,17?/m1/s1. The van der Waals surface area contributed by atoms with Crippen LogP contribution in [0.3, 0.4) is 0 Å². The SMILES string of the molecule is CCNc1ccc(-c2cc(NC[C@@H](C)C(C)c3cc(C)nc4c3OCC4)ncn2)cn1. The zero-order valence-electron chi connectivity index (χ0n) is 18.6. The van der Waals surface area contributed by atoms with Crippen molar-refractivity contribution in [2.24, 2.45) is 5.92 Å². The second kappa shape index (κ2) is 9.29. The molecule has 0 aliphatic carbocycles. The van der Waals surface area contributed by atoms with E-state index in [1.807, 2.05) is 24.4 Å². The predicted molar refractivity (Wildman–Crippen MR) is 124 cm³/mol. The molecule has 7 heteroatoms. The Kier molecular flexibility index (Phi) is 6.30. The van der Waals surface area contributed by atoms with E-state index in [1.165, 1.54) is 5.56 Å². The maximum absolute atomic E-state index is 5.89. The highest BCUT2D eigenvalue weighted by Crippen LogP contribution is 2.37. The minimum Gasteiger partial charge on any atom is -0.491 e. The lowest BCUT2D eigenvalue weighted by Gasteiger charge is -2.23. The van der Waals surface area contributed by atoms with E-state index in [1.54, 1.807) is 6.33 Å². The van der Waals surface area contributed by atoms with E-state index in [-0.39, 0.29) is 0 Å². The molecular weight excluding hydrogens is 388 g/mol. The molecule has 3 aromatic rings. The molecule has 3 aromatic heterocycles. The molecule has 1 unspecified atom stereocenters. The summed E-state index contributed by atoms with van der Waals surface area (Å²) >= 11 is 0. The van der Waals surface area contributed by atoms with Gasteiger partial charge in [0, 0.05) is 48.6 Å². The summed E-state index contributed by atoms with van der Waals surface area (Å²) in [6.07, 6.45) is 4.33. The van der Waals surface area contributed by atoms with Crippen LogP contribution in [0.2, 0.25) is 0 Å². The van der Waals surface area contributed by atoms with Gasteiger partial charge in [-0.1, -0.05) is 13.8 Å². The fourth-order valence-electron chi connectivity index (χ4n) is 3.87. The van der Waals surface area contributed by atoms with Crippen molar-refractivity contribution in [3.05, 3.63) is 53.7 Å². The Morgan fingerprint density at radius 3 is 2.71 bits per heavy atom. The molecule has 7 nitrogen and oxygen atoms in total. The molecule has 0 amide bonds. The van der Waals surface area contributed by atoms with Gasteiger partial charge in [-0.15, -0.1) is 0 Å². The monoisotopic (exact) mass is 418 g/mol. The predicted octanol–water partition coefficient (Wildman–Crippen LogP) is 4.46. The molecule has 1 aliphatic heterocycles. The number of nitrogens with zero attached hydrogens (tertiary/aromatic N) is 4. The van der Waals surface area contributed by atoms with Gasteiger partial charge in [0.1, 0.15) is 23.7 Å². The van der Waals surface area contributed by atoms with Crippen molar-refractivity contribution in [3.63, 3.8) is 0 Å². The number of rotatable bonds is 8. The highest BCUT2D eigenvalue weighted by Gasteiger charge is 2.25. The number of nitrogens with one attached hydrogen (secondary N) is 2. The van der Waals surface area contributed by atoms with Gasteiger partial charge in [-0.25, -0.2) is 15.0 Å². The molecule has 4 rings (SSSR count). The Labute approximate surface area is 183 Å². The van der Waals surface area contributed by atoms with Crippen LogP contribution in [0.1, 0.15) is 43.6 Å². The summed E-state index contributed by atoms with van der Waals surface area (Å²) in [4.78, 5) is 17.9. The Morgan fingerprint density at radius 1 is 1.06 bits per heavy atom. The number of hydrogen-bond acceptors (Lipinski definition) is 7. The van der Waals surface area contributed by atoms with Gasteiger partial charge in [0.2, 0.25) is 0 Å². The van der Waals surface area contributed by atoms with Crippen LogP contribution in [0.4, 0.5) is 11.6 Å². The molecule has 2 N–H and O–H groups in total. The topological polar surface area (TPSA) is 84.9 Å². The number of aromatic nitrogens is 4. The lowest BCUT2D eigenvalue weighted by atomic mass is 9.88. The van der Waals surface area contributed by atoms with Crippen LogP contribution in [0.25, 0.3) is 11.3 Å². The molecule has 4 heterocycles. The summed E-state index contributed by atoms with van der Waals surface area (Å²) in [6.45, 7) is 11.0. The number of pyridine rings is 2. The third-order valence-corrected chi connectivity index (χ3v) is 5.82. The van der Waals surface area contributed by atoms with E-state index in [2.05, 4.69) is 64.3 Å². The zero-order valence-corrected chi connectivity index (χ0v) is 18.6. The van der Waals surface area contributed by atoms with E-state index in [0.717, 1.165) is 66.1 Å². The second-order valence-corrected chi connectivity index (χ2v) is 8.12. The van der Waals surface area contributed by atoms with Crippen molar-refractivity contribution in [3.8, 4) is 17.0 Å². The van der Waals surface area contributed by atoms with Crippen molar-refractivity contribution >= 4 is 11.6 Å². The summed E-state index contributed by atoms with van der Waals surface area (Å²) in [5.41, 5.74) is 5.22. The zero-order chi connectivity index (χ0) is 21.8. The van der Waals surface area contributed by atoms with Gasteiger partial charge >= 0.3 is 0 Å². The first kappa shape index (κ1) is 21.0. The van der Waals surface area contributed by atoms with Gasteiger partial charge in [-0.05, 0) is 43.9 Å². The van der Waals surface area contributed by atoms with E-state index >= 15 is 0 Å². The minimum atomic E-state index is 0.338. The Bertz CT molecular complexity index is 1040. The van der Waals surface area contributed by atoms with Gasteiger partial charge < -0.3 is 15.4 Å². The quantitative estimate of drug-likeness (QED) is 0.559. The molecule has 0 saturated carbocycles. The van der Waals surface area contributed by atoms with Gasteiger partial charge in [-0.2, -0.15) is 0 Å². The van der Waals surface area contributed by atoms with Crippen LogP contribution in [0.15, 0.2) is 36.8 Å². The molecular formula is C24H30N6O. The van der Waals surface area contributed by atoms with Gasteiger partial charge in [0.15, 0.2) is 0 Å². The highest BCUT2D eigenvalue weighted by molar-refractivity contribution is 5.62. The third kappa shape index (κ3) is 4.76. The van der Waals surface area contributed by atoms with Gasteiger partial charge in [-0.3, -0.25) is 4.98 Å². The third-order valence-electron chi connectivity index (χ3n) is 5.82. The summed E-state index contributed by atoms with van der Waals surface area (Å²) in [7, 11) is 0. The molecule has 31 heavy (non-hydrogen) atoms. The summed E-state index contributed by atoms with van der Waals surface area (Å²) in [6, 6.07) is 8.13. The van der Waals surface area contributed by atoms with Crippen LogP contribution in [0.5, 0.6) is 5.75 Å². The normalized spacial score (nSPS) is 14.5. The van der Waals surface area contributed by atoms with E-state index in [0.29, 0.717) is 11.8 Å². The Hall–Kier alpha value is -3.22. The maximum Gasteiger partial charge on any atom is 0.144 e. The van der Waals surface area contributed by atoms with Crippen LogP contribution in [0, 0.1) is 12.8 Å². The Morgan fingerprint density at radius 2 is 1.94 bits per heavy atom. The molecule has 1 aliphatic rings. The largest absolute Gasteiger partial charge is 0.491 e. The Balaban J connectivity index is 1.43. The lowest BCUT2D eigenvalue weighted by Crippen LogP contribution is -2.18. The second-order valence-electron chi connectivity index (χ2n) is 8.12. The lowest BCUT2D eigenvalue weighted by molar-refractivity contribution is 0.347. The van der Waals surface area contributed by atoms with Gasteiger partial charge in [0.25, 0.3) is 0 Å². The number of fused-ring (bicyclic) bond motifs is 1. The van der Waals surface area contributed by atoms with Crippen molar-refractivity contribution in [2.75, 3.05) is 30.3 Å². The number of ether oxygens (including phenoxy) is 1. The number of anilines is 2. The van der Waals surface area contributed by atoms with E-state index in [9.17, 15) is 0 Å². The van der Waals surface area contributed by atoms with Crippen LogP contribution < -0.4 is 15.4 Å². The maximum atomic E-state index is 5.89. The van der Waals surface area contributed by atoms with Crippen LogP contribution in [-0.4, -0.2) is 39.6 Å². The molecule has 2 atom stereocenters. The molecule has 0 bridgehead atoms. The van der Waals surface area contributed by atoms with Crippen molar-refractivity contribution in [2.45, 2.75) is 40.0 Å². The molecule has 0 radical (unpaired) electrons. The molecule has 0 aromatic carbocycles. The minimum absolute atomic E-state index is 0.338. The number of aryl methyl sites for hydroxylation is 1. The average Bonchev–Trinajstić information content (AvgIpc) is 3.26. The van der Waals surface area contributed by atoms with Crippen LogP contribution in [-0.2, 0) is 6.42 Å². The first-order chi connectivity index (χ1) is 15.0. The molecule has 0 saturated heterocycles. The summed E-state index contributed by atoms with van der Waals surface area (Å²) in [5.74, 6) is 3.39. The summed E-state index contributed by atoms with van der Waals surface area (Å²) < 4.78 is 5.89.